The van der Waals surface area contributed by atoms with Crippen molar-refractivity contribution in [3.63, 3.8) is 0 Å². The van der Waals surface area contributed by atoms with E-state index in [1.807, 2.05) is 36.4 Å². The Labute approximate surface area is 185 Å². The van der Waals surface area contributed by atoms with Gasteiger partial charge in [0.1, 0.15) is 12.4 Å². The lowest BCUT2D eigenvalue weighted by molar-refractivity contribution is 0.305. The topological polar surface area (TPSA) is 51.5 Å². The van der Waals surface area contributed by atoms with E-state index in [0.717, 1.165) is 11.1 Å². The number of hydrogen-bond donors (Lipinski definition) is 0. The van der Waals surface area contributed by atoms with E-state index in [1.54, 1.807) is 44.6 Å². The van der Waals surface area contributed by atoms with Gasteiger partial charge in [-0.3, -0.25) is 0 Å². The SMILES string of the molecule is COc1ccc(/C(C#N)=C/c2ccccc2OCc2ccc(Cl)cc2Cl)cc1OC. The number of halogens is 2. The molecular formula is C24H19Cl2NO3. The van der Waals surface area contributed by atoms with Crippen LogP contribution in [0.5, 0.6) is 17.2 Å². The summed E-state index contributed by atoms with van der Waals surface area (Å²) in [6, 6.07) is 20.4. The Morgan fingerprint density at radius 2 is 1.70 bits per heavy atom. The fraction of sp³-hybridized carbons (Fsp3) is 0.125. The summed E-state index contributed by atoms with van der Waals surface area (Å²) in [5.74, 6) is 1.79. The van der Waals surface area contributed by atoms with Crippen LogP contribution in [0.25, 0.3) is 11.6 Å². The van der Waals surface area contributed by atoms with Gasteiger partial charge in [-0.2, -0.15) is 5.26 Å². The van der Waals surface area contributed by atoms with Crippen molar-refractivity contribution < 1.29 is 14.2 Å². The summed E-state index contributed by atoms with van der Waals surface area (Å²) in [5.41, 5.74) is 2.77. The van der Waals surface area contributed by atoms with Gasteiger partial charge in [0, 0.05) is 21.2 Å². The summed E-state index contributed by atoms with van der Waals surface area (Å²) >= 11 is 12.2. The maximum atomic E-state index is 9.73. The van der Waals surface area contributed by atoms with Crippen molar-refractivity contribution in [2.75, 3.05) is 14.2 Å². The first-order valence-electron chi connectivity index (χ1n) is 9.05. The highest BCUT2D eigenvalue weighted by atomic mass is 35.5. The van der Waals surface area contributed by atoms with Crippen LogP contribution in [-0.4, -0.2) is 14.2 Å². The molecule has 3 rings (SSSR count). The zero-order chi connectivity index (χ0) is 21.5. The Morgan fingerprint density at radius 3 is 2.40 bits per heavy atom. The molecule has 3 aromatic rings. The van der Waals surface area contributed by atoms with Crippen molar-refractivity contribution in [1.82, 2.24) is 0 Å². The molecule has 0 aliphatic rings. The van der Waals surface area contributed by atoms with Gasteiger partial charge in [0.25, 0.3) is 0 Å². The minimum Gasteiger partial charge on any atom is -0.493 e. The molecule has 0 N–H and O–H groups in total. The number of benzene rings is 3. The van der Waals surface area contributed by atoms with Gasteiger partial charge < -0.3 is 14.2 Å². The summed E-state index contributed by atoms with van der Waals surface area (Å²) in [4.78, 5) is 0. The number of nitriles is 1. The van der Waals surface area contributed by atoms with E-state index >= 15 is 0 Å². The molecular weight excluding hydrogens is 421 g/mol. The third kappa shape index (κ3) is 5.07. The minimum absolute atomic E-state index is 0.277. The fourth-order valence-corrected chi connectivity index (χ4v) is 3.33. The summed E-state index contributed by atoms with van der Waals surface area (Å²) in [5, 5.41) is 10.8. The highest BCUT2D eigenvalue weighted by molar-refractivity contribution is 6.35. The van der Waals surface area contributed by atoms with E-state index in [4.69, 9.17) is 37.4 Å². The molecule has 0 heterocycles. The van der Waals surface area contributed by atoms with Crippen LogP contribution in [0.1, 0.15) is 16.7 Å². The van der Waals surface area contributed by atoms with Crippen LogP contribution < -0.4 is 14.2 Å². The molecule has 0 radical (unpaired) electrons. The van der Waals surface area contributed by atoms with Crippen molar-refractivity contribution >= 4 is 34.9 Å². The number of hydrogen-bond acceptors (Lipinski definition) is 4. The Hall–Kier alpha value is -3.13. The summed E-state index contributed by atoms with van der Waals surface area (Å²) in [6.45, 7) is 0.277. The summed E-state index contributed by atoms with van der Waals surface area (Å²) < 4.78 is 16.6. The molecule has 0 saturated heterocycles. The van der Waals surface area contributed by atoms with E-state index in [-0.39, 0.29) is 6.61 Å². The van der Waals surface area contributed by atoms with Crippen LogP contribution in [0.4, 0.5) is 0 Å². The number of methoxy groups -OCH3 is 2. The van der Waals surface area contributed by atoms with Crippen LogP contribution >= 0.6 is 23.2 Å². The number of para-hydroxylation sites is 1. The smallest absolute Gasteiger partial charge is 0.161 e. The number of rotatable bonds is 7. The van der Waals surface area contributed by atoms with Gasteiger partial charge in [0.05, 0.1) is 25.9 Å². The molecule has 0 fully saturated rings. The second kappa shape index (κ2) is 10.1. The van der Waals surface area contributed by atoms with E-state index < -0.39 is 0 Å². The second-order valence-electron chi connectivity index (χ2n) is 6.30. The third-order valence-electron chi connectivity index (χ3n) is 4.43. The van der Waals surface area contributed by atoms with Crippen LogP contribution in [0.15, 0.2) is 60.7 Å². The molecule has 0 unspecified atom stereocenters. The Bertz CT molecular complexity index is 1120. The zero-order valence-corrected chi connectivity index (χ0v) is 18.0. The standard InChI is InChI=1S/C24H19Cl2NO3/c1-28-23-10-8-16(12-24(23)29-2)19(14-27)11-17-5-3-4-6-22(17)30-15-18-7-9-20(25)13-21(18)26/h3-13H,15H2,1-2H3/b19-11+. The molecule has 4 nitrogen and oxygen atoms in total. The lowest BCUT2D eigenvalue weighted by Gasteiger charge is -2.12. The van der Waals surface area contributed by atoms with E-state index in [2.05, 4.69) is 6.07 Å². The van der Waals surface area contributed by atoms with Gasteiger partial charge in [-0.1, -0.05) is 47.5 Å². The molecule has 0 atom stereocenters. The Morgan fingerprint density at radius 1 is 0.933 bits per heavy atom. The van der Waals surface area contributed by atoms with Gasteiger partial charge in [0.2, 0.25) is 0 Å². The average molecular weight is 440 g/mol. The van der Waals surface area contributed by atoms with E-state index in [9.17, 15) is 5.26 Å². The highest BCUT2D eigenvalue weighted by Gasteiger charge is 2.10. The van der Waals surface area contributed by atoms with Crippen LogP contribution in [0.3, 0.4) is 0 Å². The maximum absolute atomic E-state index is 9.73. The predicted octanol–water partition coefficient (Wildman–Crippen LogP) is 6.65. The number of ether oxygens (including phenoxy) is 3. The lowest BCUT2D eigenvalue weighted by atomic mass is 10.0. The quantitative estimate of drug-likeness (QED) is 0.305. The lowest BCUT2D eigenvalue weighted by Crippen LogP contribution is -1.98. The van der Waals surface area contributed by atoms with Crippen LogP contribution in [-0.2, 0) is 6.61 Å². The predicted molar refractivity (Wildman–Crippen MR) is 120 cm³/mol. The molecule has 0 bridgehead atoms. The van der Waals surface area contributed by atoms with E-state index in [1.165, 1.54) is 0 Å². The second-order valence-corrected chi connectivity index (χ2v) is 7.15. The maximum Gasteiger partial charge on any atom is 0.161 e. The molecule has 30 heavy (non-hydrogen) atoms. The molecule has 0 aliphatic carbocycles. The zero-order valence-electron chi connectivity index (χ0n) is 16.5. The molecule has 0 aliphatic heterocycles. The Balaban J connectivity index is 1.90. The number of nitrogens with zero attached hydrogens (tertiary/aromatic N) is 1. The Kier molecular flexibility index (Phi) is 7.24. The van der Waals surface area contributed by atoms with Gasteiger partial charge in [0.15, 0.2) is 11.5 Å². The van der Waals surface area contributed by atoms with E-state index in [0.29, 0.717) is 38.4 Å². The summed E-state index contributed by atoms with van der Waals surface area (Å²) in [6.07, 6.45) is 1.78. The first-order valence-corrected chi connectivity index (χ1v) is 9.81. The summed E-state index contributed by atoms with van der Waals surface area (Å²) in [7, 11) is 3.13. The van der Waals surface area contributed by atoms with Gasteiger partial charge in [-0.25, -0.2) is 0 Å². The monoisotopic (exact) mass is 439 g/mol. The molecule has 0 spiro atoms. The minimum atomic E-state index is 0.277. The van der Waals surface area contributed by atoms with Crippen LogP contribution in [0, 0.1) is 11.3 Å². The van der Waals surface area contributed by atoms with Gasteiger partial charge in [-0.05, 0) is 48.0 Å². The first kappa shape index (κ1) is 21.6. The van der Waals surface area contributed by atoms with Crippen molar-refractivity contribution in [3.8, 4) is 23.3 Å². The van der Waals surface area contributed by atoms with Crippen molar-refractivity contribution in [2.45, 2.75) is 6.61 Å². The van der Waals surface area contributed by atoms with Crippen molar-refractivity contribution in [2.24, 2.45) is 0 Å². The first-order chi connectivity index (χ1) is 14.5. The van der Waals surface area contributed by atoms with Crippen molar-refractivity contribution in [3.05, 3.63) is 87.4 Å². The molecule has 6 heteroatoms. The molecule has 0 amide bonds. The third-order valence-corrected chi connectivity index (χ3v) is 5.02. The average Bonchev–Trinajstić information content (AvgIpc) is 2.77. The van der Waals surface area contributed by atoms with Crippen molar-refractivity contribution in [1.29, 1.82) is 5.26 Å². The van der Waals surface area contributed by atoms with Crippen LogP contribution in [0.2, 0.25) is 10.0 Å². The largest absolute Gasteiger partial charge is 0.493 e. The normalized spacial score (nSPS) is 11.0. The van der Waals surface area contributed by atoms with Gasteiger partial charge in [-0.15, -0.1) is 0 Å². The van der Waals surface area contributed by atoms with Gasteiger partial charge >= 0.3 is 0 Å². The molecule has 0 aromatic heterocycles. The molecule has 152 valence electrons. The highest BCUT2D eigenvalue weighted by Crippen LogP contribution is 2.32. The number of allylic oxidation sites excluding steroid dienone is 1. The molecule has 3 aromatic carbocycles. The fourth-order valence-electron chi connectivity index (χ4n) is 2.86. The molecule has 0 saturated carbocycles.